The summed E-state index contributed by atoms with van der Waals surface area (Å²) in [6.07, 6.45) is 0.993. The summed E-state index contributed by atoms with van der Waals surface area (Å²) in [5, 5.41) is 10.6. The number of aliphatic hydroxyl groups excluding tert-OH is 1. The number of aromatic amines is 1. The van der Waals surface area contributed by atoms with E-state index in [2.05, 4.69) is 4.98 Å². The second-order valence-electron chi connectivity index (χ2n) is 8.31. The zero-order valence-electron chi connectivity index (χ0n) is 19.5. The first-order valence-corrected chi connectivity index (χ1v) is 13.3. The van der Waals surface area contributed by atoms with Gasteiger partial charge in [-0.1, -0.05) is 29.3 Å². The van der Waals surface area contributed by atoms with Gasteiger partial charge in [0.05, 0.1) is 6.61 Å². The molecular weight excluding hydrogens is 527 g/mol. The molecule has 0 saturated heterocycles. The number of rotatable bonds is 9. The molecule has 0 atom stereocenters. The lowest BCUT2D eigenvalue weighted by Crippen LogP contribution is -2.31. The van der Waals surface area contributed by atoms with E-state index in [0.717, 1.165) is 16.5 Å². The van der Waals surface area contributed by atoms with Crippen LogP contribution in [0.25, 0.3) is 10.9 Å². The van der Waals surface area contributed by atoms with E-state index in [0.29, 0.717) is 46.3 Å². The molecule has 4 rings (SSSR count). The molecule has 4 aromatic rings. The minimum Gasteiger partial charge on any atom is -0.494 e. The fraction of sp³-hybridized carbons (Fsp3) is 0.240. The molecule has 0 unspecified atom stereocenters. The molecule has 0 spiro atoms. The Labute approximate surface area is 218 Å². The third-order valence-corrected chi connectivity index (χ3v) is 7.66. The first-order valence-electron chi connectivity index (χ1n) is 11.1. The van der Waals surface area contributed by atoms with E-state index in [9.17, 15) is 13.2 Å². The Bertz CT molecular complexity index is 1520. The number of amides is 1. The van der Waals surface area contributed by atoms with Crippen LogP contribution in [0.15, 0.2) is 52.0 Å². The average molecular weight is 551 g/mol. The van der Waals surface area contributed by atoms with Crippen molar-refractivity contribution in [1.82, 2.24) is 9.71 Å². The molecule has 11 heteroatoms. The molecule has 0 saturated carbocycles. The van der Waals surface area contributed by atoms with Gasteiger partial charge in [-0.2, -0.15) is 8.42 Å². The van der Waals surface area contributed by atoms with Crippen molar-refractivity contribution in [2.45, 2.75) is 38.4 Å². The van der Waals surface area contributed by atoms with Crippen LogP contribution in [0.4, 0.5) is 0 Å². The number of aliphatic hydroxyl groups is 1. The first-order chi connectivity index (χ1) is 17.1. The van der Waals surface area contributed by atoms with E-state index in [-0.39, 0.29) is 11.5 Å². The van der Waals surface area contributed by atoms with Gasteiger partial charge in [-0.25, -0.2) is 4.72 Å². The van der Waals surface area contributed by atoms with E-state index in [1.165, 1.54) is 12.1 Å². The third kappa shape index (κ3) is 5.54. The molecule has 1 amide bonds. The van der Waals surface area contributed by atoms with E-state index in [1.54, 1.807) is 18.2 Å². The van der Waals surface area contributed by atoms with Gasteiger partial charge < -0.3 is 19.2 Å². The van der Waals surface area contributed by atoms with Crippen LogP contribution in [0, 0.1) is 13.8 Å². The molecule has 2 heterocycles. The summed E-state index contributed by atoms with van der Waals surface area (Å²) >= 11 is 12.3. The minimum absolute atomic E-state index is 0.0647. The van der Waals surface area contributed by atoms with Crippen molar-refractivity contribution in [2.75, 3.05) is 6.61 Å². The van der Waals surface area contributed by atoms with E-state index in [1.807, 2.05) is 30.7 Å². The summed E-state index contributed by atoms with van der Waals surface area (Å²) in [7, 11) is -4.29. The third-order valence-electron chi connectivity index (χ3n) is 5.63. The lowest BCUT2D eigenvalue weighted by molar-refractivity contribution is 0.0975. The number of carbonyl (C=O) groups excluding carboxylic acids is 1. The standard InChI is InChI=1S/C25H24Cl2N2O6S/c1-14-10-18(11-15(2)23(14)27)34-9-3-4-20-19-7-5-16(26)12-21(19)28-24(20)25(31)29-36(32,33)22-8-6-17(13-30)35-22/h5-8,10-12,28,30H,3-4,9,13H2,1-2H3,(H,29,31). The maximum Gasteiger partial charge on any atom is 0.297 e. The molecule has 2 aromatic carbocycles. The SMILES string of the molecule is Cc1cc(OCCCc2c(C(=O)NS(=O)(=O)c3ccc(CO)o3)[nH]c3cc(Cl)ccc23)cc(C)c1Cl. The van der Waals surface area contributed by atoms with Crippen molar-refractivity contribution in [1.29, 1.82) is 0 Å². The number of ether oxygens (including phenoxy) is 1. The maximum absolute atomic E-state index is 13.1. The van der Waals surface area contributed by atoms with Gasteiger partial charge in [0, 0.05) is 20.9 Å². The number of carbonyl (C=O) groups is 1. The van der Waals surface area contributed by atoms with Crippen LogP contribution < -0.4 is 9.46 Å². The number of furan rings is 1. The second kappa shape index (κ2) is 10.6. The summed E-state index contributed by atoms with van der Waals surface area (Å²) in [6, 6.07) is 11.4. The van der Waals surface area contributed by atoms with Crippen LogP contribution in [0.5, 0.6) is 5.75 Å². The largest absolute Gasteiger partial charge is 0.494 e. The van der Waals surface area contributed by atoms with Crippen LogP contribution in [0.3, 0.4) is 0 Å². The minimum atomic E-state index is -4.29. The summed E-state index contributed by atoms with van der Waals surface area (Å²) < 4.78 is 38.3. The van der Waals surface area contributed by atoms with Gasteiger partial charge in [0.15, 0.2) is 0 Å². The number of hydrogen-bond donors (Lipinski definition) is 3. The Hall–Kier alpha value is -2.98. The highest BCUT2D eigenvalue weighted by Crippen LogP contribution is 2.28. The fourth-order valence-electron chi connectivity index (χ4n) is 3.92. The van der Waals surface area contributed by atoms with Crippen LogP contribution in [-0.4, -0.2) is 31.0 Å². The number of benzene rings is 2. The first kappa shape index (κ1) is 26.1. The van der Waals surface area contributed by atoms with Gasteiger partial charge in [-0.3, -0.25) is 4.79 Å². The number of halogens is 2. The molecule has 0 aliphatic rings. The van der Waals surface area contributed by atoms with Crippen molar-refractivity contribution in [3.05, 3.63) is 80.7 Å². The number of sulfonamides is 1. The molecule has 36 heavy (non-hydrogen) atoms. The van der Waals surface area contributed by atoms with Crippen molar-refractivity contribution in [2.24, 2.45) is 0 Å². The lowest BCUT2D eigenvalue weighted by Gasteiger charge is -2.10. The quantitative estimate of drug-likeness (QED) is 0.243. The highest BCUT2D eigenvalue weighted by Gasteiger charge is 2.26. The highest BCUT2D eigenvalue weighted by molar-refractivity contribution is 7.90. The Morgan fingerprint density at radius 1 is 1.11 bits per heavy atom. The van der Waals surface area contributed by atoms with Gasteiger partial charge >= 0.3 is 0 Å². The summed E-state index contributed by atoms with van der Waals surface area (Å²) in [5.74, 6) is -0.0798. The van der Waals surface area contributed by atoms with Crippen LogP contribution in [0.1, 0.15) is 39.4 Å². The molecular formula is C25H24Cl2N2O6S. The second-order valence-corrected chi connectivity index (χ2v) is 10.7. The van der Waals surface area contributed by atoms with Crippen molar-refractivity contribution in [3.63, 3.8) is 0 Å². The fourth-order valence-corrected chi connectivity index (χ4v) is 5.11. The monoisotopic (exact) mass is 550 g/mol. The Balaban J connectivity index is 1.54. The Morgan fingerprint density at radius 2 is 1.83 bits per heavy atom. The number of aromatic nitrogens is 1. The van der Waals surface area contributed by atoms with Crippen molar-refractivity contribution < 1.29 is 27.5 Å². The molecule has 8 nitrogen and oxygen atoms in total. The normalized spacial score (nSPS) is 11.7. The van der Waals surface area contributed by atoms with Crippen LogP contribution >= 0.6 is 23.2 Å². The highest BCUT2D eigenvalue weighted by atomic mass is 35.5. The summed E-state index contributed by atoms with van der Waals surface area (Å²) in [5.41, 5.74) is 3.18. The predicted molar refractivity (Wildman–Crippen MR) is 137 cm³/mol. The van der Waals surface area contributed by atoms with Crippen LogP contribution in [0.2, 0.25) is 10.0 Å². The van der Waals surface area contributed by atoms with Gasteiger partial charge in [0.25, 0.3) is 15.9 Å². The van der Waals surface area contributed by atoms with E-state index < -0.39 is 27.6 Å². The summed E-state index contributed by atoms with van der Waals surface area (Å²) in [6.45, 7) is 3.72. The Morgan fingerprint density at radius 3 is 2.50 bits per heavy atom. The molecule has 190 valence electrons. The molecule has 3 N–H and O–H groups in total. The molecule has 0 radical (unpaired) electrons. The summed E-state index contributed by atoms with van der Waals surface area (Å²) in [4.78, 5) is 16.0. The number of hydrogen-bond acceptors (Lipinski definition) is 6. The maximum atomic E-state index is 13.1. The van der Waals surface area contributed by atoms with E-state index >= 15 is 0 Å². The number of fused-ring (bicyclic) bond motifs is 1. The van der Waals surface area contributed by atoms with E-state index in [4.69, 9.17) is 37.5 Å². The zero-order chi connectivity index (χ0) is 26.0. The number of H-pyrrole nitrogens is 1. The van der Waals surface area contributed by atoms with Gasteiger partial charge in [-0.05, 0) is 79.8 Å². The van der Waals surface area contributed by atoms with Crippen molar-refractivity contribution >= 4 is 50.0 Å². The molecule has 2 aromatic heterocycles. The zero-order valence-corrected chi connectivity index (χ0v) is 21.9. The topological polar surface area (TPSA) is 122 Å². The molecule has 0 bridgehead atoms. The molecule has 0 aliphatic heterocycles. The van der Waals surface area contributed by atoms with Crippen molar-refractivity contribution in [3.8, 4) is 5.75 Å². The number of nitrogens with one attached hydrogen (secondary N) is 2. The van der Waals surface area contributed by atoms with Gasteiger partial charge in [-0.15, -0.1) is 0 Å². The van der Waals surface area contributed by atoms with Gasteiger partial charge in [0.2, 0.25) is 5.09 Å². The molecule has 0 fully saturated rings. The smallest absolute Gasteiger partial charge is 0.297 e. The lowest BCUT2D eigenvalue weighted by atomic mass is 10.1. The Kier molecular flexibility index (Phi) is 7.65. The van der Waals surface area contributed by atoms with Gasteiger partial charge in [0.1, 0.15) is 23.8 Å². The number of aryl methyl sites for hydroxylation is 3. The average Bonchev–Trinajstić information content (AvgIpc) is 3.45. The molecule has 0 aliphatic carbocycles. The predicted octanol–water partition coefficient (Wildman–Crippen LogP) is 5.31. The van der Waals surface area contributed by atoms with Crippen LogP contribution in [-0.2, 0) is 23.1 Å².